The summed E-state index contributed by atoms with van der Waals surface area (Å²) < 4.78 is 5.55. The molecule has 7 nitrogen and oxygen atoms in total. The van der Waals surface area contributed by atoms with E-state index >= 15 is 0 Å². The Bertz CT molecular complexity index is 930. The van der Waals surface area contributed by atoms with Crippen LogP contribution in [0.15, 0.2) is 52.9 Å². The quantitative estimate of drug-likeness (QED) is 0.733. The van der Waals surface area contributed by atoms with E-state index in [-0.39, 0.29) is 11.8 Å². The lowest BCUT2D eigenvalue weighted by atomic mass is 10.1. The van der Waals surface area contributed by atoms with Gasteiger partial charge in [0.1, 0.15) is 0 Å². The number of nitrogens with two attached hydrogens (primary N) is 1. The molecular weight excluding hydrogens is 332 g/mol. The molecule has 0 saturated carbocycles. The number of carbonyl (C=O) groups excluding carboxylic acids is 2. The summed E-state index contributed by atoms with van der Waals surface area (Å²) in [6, 6.07) is 13.2. The van der Waals surface area contributed by atoms with E-state index < -0.39 is 17.9 Å². The Hall–Kier alpha value is -3.48. The average molecular weight is 350 g/mol. The second-order valence-corrected chi connectivity index (χ2v) is 5.99. The minimum Gasteiger partial charge on any atom is -0.418 e. The van der Waals surface area contributed by atoms with Gasteiger partial charge in [-0.1, -0.05) is 35.4 Å². The number of amides is 2. The van der Waals surface area contributed by atoms with Crippen molar-refractivity contribution in [3.8, 4) is 11.5 Å². The Morgan fingerprint density at radius 1 is 0.962 bits per heavy atom. The largest absolute Gasteiger partial charge is 0.418 e. The molecule has 3 N–H and O–H groups in total. The highest BCUT2D eigenvalue weighted by molar-refractivity contribution is 5.97. The first-order chi connectivity index (χ1) is 12.4. The molecule has 1 atom stereocenters. The van der Waals surface area contributed by atoms with Crippen molar-refractivity contribution in [2.75, 3.05) is 0 Å². The van der Waals surface area contributed by atoms with Crippen molar-refractivity contribution in [1.82, 2.24) is 15.5 Å². The zero-order valence-corrected chi connectivity index (χ0v) is 14.4. The van der Waals surface area contributed by atoms with E-state index in [0.29, 0.717) is 11.1 Å². The number of hydrogen-bond acceptors (Lipinski definition) is 5. The molecule has 0 unspecified atom stereocenters. The fraction of sp³-hybridized carbons (Fsp3) is 0.158. The van der Waals surface area contributed by atoms with E-state index in [0.717, 1.165) is 11.1 Å². The summed E-state index contributed by atoms with van der Waals surface area (Å²) in [5.41, 5.74) is 8.63. The third kappa shape index (κ3) is 3.77. The van der Waals surface area contributed by atoms with Gasteiger partial charge in [0.2, 0.25) is 17.7 Å². The number of nitrogens with zero attached hydrogens (tertiary/aromatic N) is 2. The molecule has 2 amide bonds. The fourth-order valence-corrected chi connectivity index (χ4v) is 2.34. The zero-order valence-electron chi connectivity index (χ0n) is 14.4. The molecule has 0 aliphatic heterocycles. The van der Waals surface area contributed by atoms with Crippen LogP contribution in [0.25, 0.3) is 11.5 Å². The molecule has 1 aromatic heterocycles. The maximum atomic E-state index is 12.3. The first-order valence-corrected chi connectivity index (χ1v) is 8.01. The predicted molar refractivity (Wildman–Crippen MR) is 95.1 cm³/mol. The van der Waals surface area contributed by atoms with Gasteiger partial charge in [-0.2, -0.15) is 0 Å². The third-order valence-corrected chi connectivity index (χ3v) is 3.86. The fourth-order valence-electron chi connectivity index (χ4n) is 2.34. The van der Waals surface area contributed by atoms with Crippen LogP contribution in [0.5, 0.6) is 0 Å². The van der Waals surface area contributed by atoms with Crippen molar-refractivity contribution < 1.29 is 14.0 Å². The normalized spacial score (nSPS) is 11.8. The van der Waals surface area contributed by atoms with Gasteiger partial charge in [-0.25, -0.2) is 0 Å². The molecule has 0 spiro atoms. The second-order valence-electron chi connectivity index (χ2n) is 5.99. The Balaban J connectivity index is 1.82. The first kappa shape index (κ1) is 17.3. The number of hydrogen-bond donors (Lipinski definition) is 2. The summed E-state index contributed by atoms with van der Waals surface area (Å²) in [5, 5.41) is 10.3. The van der Waals surface area contributed by atoms with Crippen LogP contribution in [0.4, 0.5) is 0 Å². The van der Waals surface area contributed by atoms with E-state index in [1.807, 2.05) is 38.1 Å². The molecule has 2 aromatic carbocycles. The van der Waals surface area contributed by atoms with Crippen LogP contribution in [0, 0.1) is 13.8 Å². The molecule has 0 radical (unpaired) electrons. The lowest BCUT2D eigenvalue weighted by Crippen LogP contribution is -2.37. The maximum Gasteiger partial charge on any atom is 0.252 e. The molecule has 3 aromatic rings. The first-order valence-electron chi connectivity index (χ1n) is 8.01. The predicted octanol–water partition coefficient (Wildman–Crippen LogP) is 2.31. The second kappa shape index (κ2) is 7.18. The molecular formula is C19H18N4O3. The highest BCUT2D eigenvalue weighted by Gasteiger charge is 2.27. The lowest BCUT2D eigenvalue weighted by molar-refractivity contribution is -0.120. The standard InChI is InChI=1S/C19H18N4O3/c1-11-3-7-13(8-4-11)17(25)21-15(16(20)24)19-23-22-18(26-19)14-9-5-12(2)6-10-14/h3-10,15H,1-2H3,(H2,20,24)(H,21,25)/t15-/m1/s1. The van der Waals surface area contributed by atoms with Crippen molar-refractivity contribution in [2.45, 2.75) is 19.9 Å². The number of carbonyl (C=O) groups is 2. The molecule has 0 bridgehead atoms. The summed E-state index contributed by atoms with van der Waals surface area (Å²) in [5.74, 6) is -1.06. The summed E-state index contributed by atoms with van der Waals surface area (Å²) in [7, 11) is 0. The van der Waals surface area contributed by atoms with Crippen LogP contribution in [0.1, 0.15) is 33.4 Å². The van der Waals surface area contributed by atoms with Gasteiger partial charge in [0.05, 0.1) is 0 Å². The van der Waals surface area contributed by atoms with Crippen molar-refractivity contribution in [3.05, 3.63) is 71.1 Å². The van der Waals surface area contributed by atoms with Gasteiger partial charge in [0.15, 0.2) is 6.04 Å². The van der Waals surface area contributed by atoms with Gasteiger partial charge in [0, 0.05) is 11.1 Å². The number of rotatable bonds is 5. The third-order valence-electron chi connectivity index (χ3n) is 3.86. The van der Waals surface area contributed by atoms with Crippen LogP contribution in [0.3, 0.4) is 0 Å². The lowest BCUT2D eigenvalue weighted by Gasteiger charge is -2.11. The SMILES string of the molecule is Cc1ccc(C(=O)N[C@H](C(N)=O)c2nnc(-c3ccc(C)cc3)o2)cc1. The Kier molecular flexibility index (Phi) is 4.79. The van der Waals surface area contributed by atoms with Gasteiger partial charge < -0.3 is 15.5 Å². The molecule has 0 saturated heterocycles. The number of aryl methyl sites for hydroxylation is 2. The number of aromatic nitrogens is 2. The van der Waals surface area contributed by atoms with Gasteiger partial charge in [-0.15, -0.1) is 10.2 Å². The Morgan fingerprint density at radius 2 is 1.54 bits per heavy atom. The molecule has 0 fully saturated rings. The summed E-state index contributed by atoms with van der Waals surface area (Å²) in [4.78, 5) is 24.1. The van der Waals surface area contributed by atoms with E-state index in [2.05, 4.69) is 15.5 Å². The average Bonchev–Trinajstić information content (AvgIpc) is 3.10. The van der Waals surface area contributed by atoms with Crippen molar-refractivity contribution >= 4 is 11.8 Å². The number of primary amides is 1. The van der Waals surface area contributed by atoms with Crippen LogP contribution >= 0.6 is 0 Å². The minimum atomic E-state index is -1.21. The van der Waals surface area contributed by atoms with Crippen LogP contribution in [0.2, 0.25) is 0 Å². The molecule has 1 heterocycles. The van der Waals surface area contributed by atoms with Crippen LogP contribution in [-0.2, 0) is 4.79 Å². The van der Waals surface area contributed by atoms with E-state index in [1.54, 1.807) is 24.3 Å². The van der Waals surface area contributed by atoms with Crippen molar-refractivity contribution in [1.29, 1.82) is 0 Å². The molecule has 0 aliphatic rings. The van der Waals surface area contributed by atoms with E-state index in [1.165, 1.54) is 0 Å². The van der Waals surface area contributed by atoms with Gasteiger partial charge in [-0.05, 0) is 38.1 Å². The molecule has 132 valence electrons. The minimum absolute atomic E-state index is 0.0615. The van der Waals surface area contributed by atoms with Crippen molar-refractivity contribution in [2.24, 2.45) is 5.73 Å². The highest BCUT2D eigenvalue weighted by Crippen LogP contribution is 2.21. The highest BCUT2D eigenvalue weighted by atomic mass is 16.4. The molecule has 26 heavy (non-hydrogen) atoms. The zero-order chi connectivity index (χ0) is 18.7. The van der Waals surface area contributed by atoms with Gasteiger partial charge >= 0.3 is 0 Å². The van der Waals surface area contributed by atoms with Crippen molar-refractivity contribution in [3.63, 3.8) is 0 Å². The monoisotopic (exact) mass is 350 g/mol. The molecule has 7 heteroatoms. The Labute approximate surface area is 150 Å². The summed E-state index contributed by atoms with van der Waals surface area (Å²) in [6.07, 6.45) is 0. The van der Waals surface area contributed by atoms with Gasteiger partial charge in [0.25, 0.3) is 5.91 Å². The topological polar surface area (TPSA) is 111 Å². The van der Waals surface area contributed by atoms with E-state index in [9.17, 15) is 9.59 Å². The van der Waals surface area contributed by atoms with Crippen LogP contribution in [-0.4, -0.2) is 22.0 Å². The number of nitrogens with one attached hydrogen (secondary N) is 1. The smallest absolute Gasteiger partial charge is 0.252 e. The molecule has 3 rings (SSSR count). The maximum absolute atomic E-state index is 12.3. The Morgan fingerprint density at radius 3 is 2.12 bits per heavy atom. The van der Waals surface area contributed by atoms with E-state index in [4.69, 9.17) is 10.2 Å². The summed E-state index contributed by atoms with van der Waals surface area (Å²) in [6.45, 7) is 3.88. The van der Waals surface area contributed by atoms with Gasteiger partial charge in [-0.3, -0.25) is 9.59 Å². The number of benzene rings is 2. The summed E-state index contributed by atoms with van der Waals surface area (Å²) >= 11 is 0. The van der Waals surface area contributed by atoms with Crippen LogP contribution < -0.4 is 11.1 Å². The molecule has 0 aliphatic carbocycles.